The Labute approximate surface area is 144 Å². The minimum Gasteiger partial charge on any atom is -0.385 e. The standard InChI is InChI=1S/C17H19ClN2O2S/c1-11-15(19-12(2)23-11)16(21)20-9-7-17(22,8-10-20)13-3-5-14(18)6-4-13/h3-6,22H,7-10H2,1-2H3. The number of rotatable bonds is 2. The van der Waals surface area contributed by atoms with Gasteiger partial charge in [0, 0.05) is 23.0 Å². The summed E-state index contributed by atoms with van der Waals surface area (Å²) in [6, 6.07) is 7.28. The third-order valence-corrected chi connectivity index (χ3v) is 5.50. The van der Waals surface area contributed by atoms with Gasteiger partial charge in [0.1, 0.15) is 5.69 Å². The Bertz CT molecular complexity index is 719. The summed E-state index contributed by atoms with van der Waals surface area (Å²) in [5.41, 5.74) is 0.508. The molecule has 0 bridgehead atoms. The van der Waals surface area contributed by atoms with E-state index in [4.69, 9.17) is 11.6 Å². The highest BCUT2D eigenvalue weighted by molar-refractivity contribution is 7.11. The quantitative estimate of drug-likeness (QED) is 0.901. The number of piperidine rings is 1. The van der Waals surface area contributed by atoms with Crippen LogP contribution in [0.1, 0.15) is 38.8 Å². The largest absolute Gasteiger partial charge is 0.385 e. The van der Waals surface area contributed by atoms with E-state index in [1.807, 2.05) is 26.0 Å². The van der Waals surface area contributed by atoms with Gasteiger partial charge in [-0.2, -0.15) is 0 Å². The van der Waals surface area contributed by atoms with Crippen LogP contribution < -0.4 is 0 Å². The molecule has 0 atom stereocenters. The van der Waals surface area contributed by atoms with Crippen LogP contribution in [0.15, 0.2) is 24.3 Å². The molecule has 1 fully saturated rings. The second-order valence-electron chi connectivity index (χ2n) is 5.97. The molecular formula is C17H19ClN2O2S. The number of thiazole rings is 1. The molecule has 122 valence electrons. The highest BCUT2D eigenvalue weighted by Crippen LogP contribution is 2.34. The monoisotopic (exact) mass is 350 g/mol. The second-order valence-corrected chi connectivity index (χ2v) is 7.81. The molecule has 0 aliphatic carbocycles. The fourth-order valence-electron chi connectivity index (χ4n) is 3.01. The average Bonchev–Trinajstić information content (AvgIpc) is 2.86. The first-order valence-electron chi connectivity index (χ1n) is 7.61. The molecule has 0 radical (unpaired) electrons. The molecule has 23 heavy (non-hydrogen) atoms. The molecule has 1 aromatic heterocycles. The second kappa shape index (κ2) is 6.23. The zero-order valence-electron chi connectivity index (χ0n) is 13.2. The molecule has 1 N–H and O–H groups in total. The maximum Gasteiger partial charge on any atom is 0.273 e. The van der Waals surface area contributed by atoms with E-state index < -0.39 is 5.60 Å². The molecule has 1 amide bonds. The van der Waals surface area contributed by atoms with Crippen LogP contribution in [0.4, 0.5) is 0 Å². The van der Waals surface area contributed by atoms with E-state index in [0.29, 0.717) is 36.6 Å². The summed E-state index contributed by atoms with van der Waals surface area (Å²) < 4.78 is 0. The SMILES string of the molecule is Cc1nc(C(=O)N2CCC(O)(c3ccc(Cl)cc3)CC2)c(C)s1. The summed E-state index contributed by atoms with van der Waals surface area (Å²) in [5, 5.41) is 12.4. The highest BCUT2D eigenvalue weighted by Gasteiger charge is 2.36. The number of aromatic nitrogens is 1. The zero-order valence-corrected chi connectivity index (χ0v) is 14.7. The molecule has 0 saturated carbocycles. The fourth-order valence-corrected chi connectivity index (χ4v) is 3.94. The Hall–Kier alpha value is -1.43. The van der Waals surface area contributed by atoms with Gasteiger partial charge < -0.3 is 10.0 Å². The van der Waals surface area contributed by atoms with Gasteiger partial charge in [-0.25, -0.2) is 4.98 Å². The molecule has 1 aliphatic heterocycles. The maximum absolute atomic E-state index is 12.6. The predicted molar refractivity (Wildman–Crippen MR) is 92.1 cm³/mol. The van der Waals surface area contributed by atoms with E-state index in [9.17, 15) is 9.90 Å². The van der Waals surface area contributed by atoms with Crippen LogP contribution in [0.25, 0.3) is 0 Å². The Morgan fingerprint density at radius 2 is 1.87 bits per heavy atom. The number of hydrogen-bond acceptors (Lipinski definition) is 4. The van der Waals surface area contributed by atoms with Crippen LogP contribution >= 0.6 is 22.9 Å². The van der Waals surface area contributed by atoms with Gasteiger partial charge in [0.15, 0.2) is 0 Å². The van der Waals surface area contributed by atoms with Crippen molar-refractivity contribution < 1.29 is 9.90 Å². The Morgan fingerprint density at radius 3 is 2.39 bits per heavy atom. The van der Waals surface area contributed by atoms with Crippen molar-refractivity contribution in [2.45, 2.75) is 32.3 Å². The van der Waals surface area contributed by atoms with E-state index in [1.54, 1.807) is 17.0 Å². The number of aryl methyl sites for hydroxylation is 2. The van der Waals surface area contributed by atoms with Gasteiger partial charge in [-0.15, -0.1) is 11.3 Å². The van der Waals surface area contributed by atoms with Gasteiger partial charge in [-0.05, 0) is 44.4 Å². The van der Waals surface area contributed by atoms with Crippen molar-refractivity contribution in [3.63, 3.8) is 0 Å². The molecule has 3 rings (SSSR count). The first-order valence-corrected chi connectivity index (χ1v) is 8.80. The number of hydrogen-bond donors (Lipinski definition) is 1. The minimum absolute atomic E-state index is 0.0370. The number of benzene rings is 1. The van der Waals surface area contributed by atoms with Crippen LogP contribution in [-0.2, 0) is 5.60 Å². The van der Waals surface area contributed by atoms with Gasteiger partial charge in [0.05, 0.1) is 10.6 Å². The average molecular weight is 351 g/mol. The third kappa shape index (κ3) is 3.27. The van der Waals surface area contributed by atoms with Crippen LogP contribution in [0.2, 0.25) is 5.02 Å². The van der Waals surface area contributed by atoms with E-state index >= 15 is 0 Å². The summed E-state index contributed by atoms with van der Waals surface area (Å²) in [6.45, 7) is 4.87. The molecule has 6 heteroatoms. The summed E-state index contributed by atoms with van der Waals surface area (Å²) in [6.07, 6.45) is 1.03. The van der Waals surface area contributed by atoms with Crippen LogP contribution in [0, 0.1) is 13.8 Å². The van der Waals surface area contributed by atoms with Crippen molar-refractivity contribution in [2.24, 2.45) is 0 Å². The lowest BCUT2D eigenvalue weighted by molar-refractivity contribution is -0.0212. The minimum atomic E-state index is -0.894. The molecule has 2 heterocycles. The van der Waals surface area contributed by atoms with Gasteiger partial charge >= 0.3 is 0 Å². The van der Waals surface area contributed by atoms with Gasteiger partial charge in [-0.3, -0.25) is 4.79 Å². The lowest BCUT2D eigenvalue weighted by atomic mass is 9.84. The number of nitrogens with zero attached hydrogens (tertiary/aromatic N) is 2. The van der Waals surface area contributed by atoms with E-state index in [-0.39, 0.29) is 5.91 Å². The smallest absolute Gasteiger partial charge is 0.273 e. The van der Waals surface area contributed by atoms with Crippen molar-refractivity contribution in [2.75, 3.05) is 13.1 Å². The molecular weight excluding hydrogens is 332 g/mol. The molecule has 1 aromatic carbocycles. The van der Waals surface area contributed by atoms with Crippen molar-refractivity contribution in [3.8, 4) is 0 Å². The number of carbonyl (C=O) groups excluding carboxylic acids is 1. The number of aliphatic hydroxyl groups is 1. The van der Waals surface area contributed by atoms with Gasteiger partial charge in [0.2, 0.25) is 0 Å². The predicted octanol–water partition coefficient (Wildman–Crippen LogP) is 3.54. The van der Waals surface area contributed by atoms with E-state index in [0.717, 1.165) is 15.4 Å². The Balaban J connectivity index is 1.71. The Kier molecular flexibility index (Phi) is 4.45. The van der Waals surface area contributed by atoms with Crippen molar-refractivity contribution in [1.29, 1.82) is 0 Å². The van der Waals surface area contributed by atoms with Gasteiger partial charge in [-0.1, -0.05) is 23.7 Å². The molecule has 4 nitrogen and oxygen atoms in total. The zero-order chi connectivity index (χ0) is 16.6. The summed E-state index contributed by atoms with van der Waals surface area (Å²) >= 11 is 7.44. The lowest BCUT2D eigenvalue weighted by Gasteiger charge is -2.38. The molecule has 0 unspecified atom stereocenters. The summed E-state index contributed by atoms with van der Waals surface area (Å²) in [4.78, 5) is 19.7. The third-order valence-electron chi connectivity index (χ3n) is 4.37. The highest BCUT2D eigenvalue weighted by atomic mass is 35.5. The van der Waals surface area contributed by atoms with E-state index in [2.05, 4.69) is 4.98 Å². The van der Waals surface area contributed by atoms with Crippen LogP contribution in [-0.4, -0.2) is 34.0 Å². The van der Waals surface area contributed by atoms with Crippen LogP contribution in [0.5, 0.6) is 0 Å². The summed E-state index contributed by atoms with van der Waals surface area (Å²) in [5.74, 6) is -0.0370. The van der Waals surface area contributed by atoms with Crippen molar-refractivity contribution >= 4 is 28.8 Å². The normalized spacial score (nSPS) is 17.3. The van der Waals surface area contributed by atoms with Crippen molar-refractivity contribution in [1.82, 2.24) is 9.88 Å². The maximum atomic E-state index is 12.6. The molecule has 1 saturated heterocycles. The topological polar surface area (TPSA) is 53.4 Å². The van der Waals surface area contributed by atoms with Crippen molar-refractivity contribution in [3.05, 3.63) is 50.4 Å². The van der Waals surface area contributed by atoms with E-state index in [1.165, 1.54) is 11.3 Å². The number of amides is 1. The lowest BCUT2D eigenvalue weighted by Crippen LogP contribution is -2.45. The fraction of sp³-hybridized carbons (Fsp3) is 0.412. The first kappa shape index (κ1) is 16.4. The number of halogens is 1. The molecule has 0 spiro atoms. The first-order chi connectivity index (χ1) is 10.9. The molecule has 1 aliphatic rings. The number of carbonyl (C=O) groups is 1. The number of likely N-dealkylation sites (tertiary alicyclic amines) is 1. The van der Waals surface area contributed by atoms with Gasteiger partial charge in [0.25, 0.3) is 5.91 Å². The van der Waals surface area contributed by atoms with Crippen LogP contribution in [0.3, 0.4) is 0 Å². The molecule has 2 aromatic rings. The Morgan fingerprint density at radius 1 is 1.26 bits per heavy atom. The summed E-state index contributed by atoms with van der Waals surface area (Å²) in [7, 11) is 0.